The van der Waals surface area contributed by atoms with Crippen LogP contribution < -0.4 is 10.1 Å². The molecule has 1 aliphatic rings. The molecule has 1 unspecified atom stereocenters. The average molecular weight is 413 g/mol. The van der Waals surface area contributed by atoms with Crippen LogP contribution in [0.4, 0.5) is 5.95 Å². The lowest BCUT2D eigenvalue weighted by molar-refractivity contribution is -0.139. The number of carbonyl (C=O) groups excluding carboxylic acids is 1. The van der Waals surface area contributed by atoms with Gasteiger partial charge in [0.05, 0.1) is 18.8 Å². The van der Waals surface area contributed by atoms with Gasteiger partial charge in [0.15, 0.2) is 0 Å². The number of allylic oxidation sites excluding steroid dienone is 1. The predicted octanol–water partition coefficient (Wildman–Crippen LogP) is 4.87. The van der Waals surface area contributed by atoms with E-state index in [1.54, 1.807) is 4.68 Å². The van der Waals surface area contributed by atoms with Crippen molar-refractivity contribution in [3.8, 4) is 5.75 Å². The molecule has 7 nitrogen and oxygen atoms in total. The van der Waals surface area contributed by atoms with Gasteiger partial charge in [0.2, 0.25) is 5.95 Å². The van der Waals surface area contributed by atoms with Gasteiger partial charge in [0, 0.05) is 5.70 Å². The number of unbranched alkanes of at least 4 members (excludes halogenated alkanes) is 4. The fraction of sp³-hybridized carbons (Fsp3) is 0.522. The highest BCUT2D eigenvalue weighted by molar-refractivity contribution is 5.92. The summed E-state index contributed by atoms with van der Waals surface area (Å²) in [6.45, 7) is 7.26. The summed E-state index contributed by atoms with van der Waals surface area (Å²) in [4.78, 5) is 17.2. The number of nitrogens with one attached hydrogen (secondary N) is 1. The van der Waals surface area contributed by atoms with Crippen molar-refractivity contribution >= 4 is 11.9 Å². The van der Waals surface area contributed by atoms with Crippen LogP contribution in [0.2, 0.25) is 0 Å². The Hall–Kier alpha value is -2.83. The molecule has 2 heterocycles. The van der Waals surface area contributed by atoms with Gasteiger partial charge in [0.25, 0.3) is 0 Å². The molecule has 0 saturated heterocycles. The second kappa shape index (κ2) is 10.8. The minimum atomic E-state index is -0.392. The average Bonchev–Trinajstić information content (AvgIpc) is 3.21. The van der Waals surface area contributed by atoms with Crippen molar-refractivity contribution in [1.29, 1.82) is 0 Å². The van der Waals surface area contributed by atoms with Crippen LogP contribution in [0.25, 0.3) is 0 Å². The monoisotopic (exact) mass is 412 g/mol. The van der Waals surface area contributed by atoms with Crippen molar-refractivity contribution in [2.24, 2.45) is 0 Å². The van der Waals surface area contributed by atoms with Crippen molar-refractivity contribution in [3.05, 3.63) is 47.4 Å². The minimum absolute atomic E-state index is 0.323. The summed E-state index contributed by atoms with van der Waals surface area (Å²) in [5.74, 6) is 1.12. The van der Waals surface area contributed by atoms with Gasteiger partial charge in [-0.05, 0) is 37.5 Å². The molecule has 1 aromatic carbocycles. The molecular formula is C23H32N4O3. The molecule has 0 saturated carbocycles. The molecule has 1 aromatic heterocycles. The highest BCUT2D eigenvalue weighted by atomic mass is 16.5. The Morgan fingerprint density at radius 3 is 2.57 bits per heavy atom. The zero-order valence-electron chi connectivity index (χ0n) is 18.2. The SMILES string of the molecule is CCCCCCOc1ccc(C2C(C(=O)OCCCC)=C(C)Nc3ncnn32)cc1. The van der Waals surface area contributed by atoms with Gasteiger partial charge in [0.1, 0.15) is 18.1 Å². The molecule has 0 fully saturated rings. The first-order valence-electron chi connectivity index (χ1n) is 10.9. The topological polar surface area (TPSA) is 78.3 Å². The largest absolute Gasteiger partial charge is 0.494 e. The molecule has 0 radical (unpaired) electrons. The maximum atomic E-state index is 12.9. The third-order valence-corrected chi connectivity index (χ3v) is 5.21. The van der Waals surface area contributed by atoms with Crippen LogP contribution in [0.5, 0.6) is 5.75 Å². The summed E-state index contributed by atoms with van der Waals surface area (Å²) >= 11 is 0. The molecule has 1 atom stereocenters. The lowest BCUT2D eigenvalue weighted by Crippen LogP contribution is -2.29. The normalized spacial score (nSPS) is 15.5. The van der Waals surface area contributed by atoms with E-state index in [0.717, 1.165) is 36.3 Å². The van der Waals surface area contributed by atoms with Crippen LogP contribution in [0.15, 0.2) is 41.9 Å². The van der Waals surface area contributed by atoms with Gasteiger partial charge in [-0.25, -0.2) is 9.48 Å². The molecular weight excluding hydrogens is 380 g/mol. The van der Waals surface area contributed by atoms with E-state index in [4.69, 9.17) is 9.47 Å². The summed E-state index contributed by atoms with van der Waals surface area (Å²) in [6.07, 6.45) is 8.00. The molecule has 0 spiro atoms. The molecule has 0 bridgehead atoms. The minimum Gasteiger partial charge on any atom is -0.494 e. The Labute approximate surface area is 178 Å². The van der Waals surface area contributed by atoms with Gasteiger partial charge in [-0.1, -0.05) is 51.7 Å². The standard InChI is InChI=1S/C23H32N4O3/c1-4-6-8-9-15-29-19-12-10-18(11-13-19)21-20(22(28)30-14-7-5-2)17(3)26-23-24-16-25-27(21)23/h10-13,16,21H,4-9,14-15H2,1-3H3,(H,24,25,26). The number of hydrogen-bond donors (Lipinski definition) is 1. The van der Waals surface area contributed by atoms with Gasteiger partial charge in [-0.15, -0.1) is 0 Å². The molecule has 2 aromatic rings. The van der Waals surface area contributed by atoms with E-state index in [-0.39, 0.29) is 5.97 Å². The molecule has 0 aliphatic carbocycles. The second-order valence-electron chi connectivity index (χ2n) is 7.56. The Balaban J connectivity index is 1.78. The van der Waals surface area contributed by atoms with Crippen molar-refractivity contribution in [3.63, 3.8) is 0 Å². The predicted molar refractivity (Wildman–Crippen MR) is 116 cm³/mol. The van der Waals surface area contributed by atoms with E-state index >= 15 is 0 Å². The van der Waals surface area contributed by atoms with Gasteiger partial charge >= 0.3 is 5.97 Å². The maximum absolute atomic E-state index is 12.9. The Morgan fingerprint density at radius 1 is 1.07 bits per heavy atom. The zero-order chi connectivity index (χ0) is 21.3. The summed E-state index contributed by atoms with van der Waals surface area (Å²) in [5, 5.41) is 7.51. The number of anilines is 1. The van der Waals surface area contributed by atoms with Gasteiger partial charge in [-0.3, -0.25) is 0 Å². The van der Waals surface area contributed by atoms with Gasteiger partial charge < -0.3 is 14.8 Å². The number of esters is 1. The highest BCUT2D eigenvalue weighted by Gasteiger charge is 2.34. The Morgan fingerprint density at radius 2 is 1.83 bits per heavy atom. The third-order valence-electron chi connectivity index (χ3n) is 5.21. The fourth-order valence-corrected chi connectivity index (χ4v) is 3.52. The molecule has 7 heteroatoms. The molecule has 1 aliphatic heterocycles. The van der Waals surface area contributed by atoms with Crippen LogP contribution in [0.3, 0.4) is 0 Å². The molecule has 0 amide bonds. The van der Waals surface area contributed by atoms with E-state index in [0.29, 0.717) is 24.7 Å². The first kappa shape index (κ1) is 21.9. The second-order valence-corrected chi connectivity index (χ2v) is 7.56. The van der Waals surface area contributed by atoms with Crippen LogP contribution in [0, 0.1) is 0 Å². The lowest BCUT2D eigenvalue weighted by atomic mass is 9.96. The van der Waals surface area contributed by atoms with E-state index in [1.807, 2.05) is 31.2 Å². The van der Waals surface area contributed by atoms with E-state index < -0.39 is 6.04 Å². The van der Waals surface area contributed by atoms with Crippen molar-refractivity contribution in [1.82, 2.24) is 14.8 Å². The number of benzene rings is 1. The number of nitrogens with zero attached hydrogens (tertiary/aromatic N) is 3. The number of aromatic nitrogens is 3. The number of hydrogen-bond acceptors (Lipinski definition) is 6. The van der Waals surface area contributed by atoms with E-state index in [2.05, 4.69) is 29.2 Å². The maximum Gasteiger partial charge on any atom is 0.338 e. The van der Waals surface area contributed by atoms with E-state index in [9.17, 15) is 4.79 Å². The molecule has 1 N–H and O–H groups in total. The van der Waals surface area contributed by atoms with Crippen molar-refractivity contribution in [2.75, 3.05) is 18.5 Å². The molecule has 162 valence electrons. The summed E-state index contributed by atoms with van der Waals surface area (Å²) in [7, 11) is 0. The molecule has 30 heavy (non-hydrogen) atoms. The fourth-order valence-electron chi connectivity index (χ4n) is 3.52. The summed E-state index contributed by atoms with van der Waals surface area (Å²) < 4.78 is 13.1. The molecule has 3 rings (SSSR count). The van der Waals surface area contributed by atoms with Crippen LogP contribution >= 0.6 is 0 Å². The van der Waals surface area contributed by atoms with Crippen LogP contribution in [0.1, 0.15) is 70.9 Å². The number of carbonyl (C=O) groups is 1. The Bertz CT molecular complexity index is 858. The van der Waals surface area contributed by atoms with Crippen LogP contribution in [-0.2, 0) is 9.53 Å². The summed E-state index contributed by atoms with van der Waals surface area (Å²) in [5.41, 5.74) is 2.22. The summed E-state index contributed by atoms with van der Waals surface area (Å²) in [6, 6.07) is 7.47. The number of ether oxygens (including phenoxy) is 2. The number of fused-ring (bicyclic) bond motifs is 1. The third kappa shape index (κ3) is 5.20. The van der Waals surface area contributed by atoms with Crippen molar-refractivity contribution < 1.29 is 14.3 Å². The highest BCUT2D eigenvalue weighted by Crippen LogP contribution is 2.35. The smallest absolute Gasteiger partial charge is 0.338 e. The zero-order valence-corrected chi connectivity index (χ0v) is 18.2. The van der Waals surface area contributed by atoms with E-state index in [1.165, 1.54) is 25.6 Å². The van der Waals surface area contributed by atoms with Crippen LogP contribution in [-0.4, -0.2) is 33.9 Å². The van der Waals surface area contributed by atoms with Gasteiger partial charge in [-0.2, -0.15) is 10.1 Å². The lowest BCUT2D eigenvalue weighted by Gasteiger charge is -2.28. The first-order chi connectivity index (χ1) is 14.7. The first-order valence-corrected chi connectivity index (χ1v) is 10.9. The number of rotatable bonds is 11. The quantitative estimate of drug-likeness (QED) is 0.419. The Kier molecular flexibility index (Phi) is 7.88. The van der Waals surface area contributed by atoms with Crippen molar-refractivity contribution in [2.45, 2.75) is 65.3 Å².